The molecule has 1 heterocycles. The molecule has 1 unspecified atom stereocenters. The molecule has 0 aliphatic carbocycles. The van der Waals surface area contributed by atoms with Gasteiger partial charge >= 0.3 is 6.09 Å². The molecule has 2 aromatic carbocycles. The maximum Gasteiger partial charge on any atom is 0.410 e. The van der Waals surface area contributed by atoms with Crippen LogP contribution < -0.4 is 4.74 Å². The van der Waals surface area contributed by atoms with Gasteiger partial charge in [-0.3, -0.25) is 0 Å². The summed E-state index contributed by atoms with van der Waals surface area (Å²) in [6.45, 7) is 8.63. The van der Waals surface area contributed by atoms with Crippen LogP contribution in [0, 0.1) is 17.1 Å². The molecule has 0 saturated carbocycles. The van der Waals surface area contributed by atoms with Gasteiger partial charge in [0.1, 0.15) is 23.3 Å². The first-order chi connectivity index (χ1) is 14.7. The lowest BCUT2D eigenvalue weighted by atomic mass is 9.89. The van der Waals surface area contributed by atoms with E-state index >= 15 is 0 Å². The lowest BCUT2D eigenvalue weighted by Crippen LogP contribution is -2.41. The zero-order valence-electron chi connectivity index (χ0n) is 18.5. The fraction of sp³-hybridized carbons (Fsp3) is 0.440. The van der Waals surface area contributed by atoms with Gasteiger partial charge in [-0.15, -0.1) is 0 Å². The number of ether oxygens (including phenoxy) is 2. The summed E-state index contributed by atoms with van der Waals surface area (Å²) in [5, 5.41) is 8.94. The third kappa shape index (κ3) is 5.75. The molecule has 0 aromatic heterocycles. The first kappa shape index (κ1) is 22.6. The van der Waals surface area contributed by atoms with Crippen molar-refractivity contribution in [2.45, 2.75) is 58.2 Å². The van der Waals surface area contributed by atoms with Crippen LogP contribution in [0.5, 0.6) is 5.75 Å². The molecule has 164 valence electrons. The molecule has 3 rings (SSSR count). The average Bonchev–Trinajstić information content (AvgIpc) is 2.73. The summed E-state index contributed by atoms with van der Waals surface area (Å²) in [4.78, 5) is 14.1. The number of nitriles is 1. The van der Waals surface area contributed by atoms with Crippen LogP contribution in [-0.2, 0) is 4.74 Å². The number of para-hydroxylation sites is 1. The van der Waals surface area contributed by atoms with Gasteiger partial charge in [0.15, 0.2) is 0 Å². The van der Waals surface area contributed by atoms with Crippen molar-refractivity contribution in [3.8, 4) is 11.8 Å². The first-order valence-corrected chi connectivity index (χ1v) is 10.6. The van der Waals surface area contributed by atoms with E-state index in [1.807, 2.05) is 51.1 Å². The van der Waals surface area contributed by atoms with Crippen LogP contribution in [0.4, 0.5) is 9.18 Å². The number of hydrogen-bond donors (Lipinski definition) is 0. The predicted octanol–water partition coefficient (Wildman–Crippen LogP) is 5.95. The molecular formula is C25H29FN2O3. The van der Waals surface area contributed by atoms with Crippen molar-refractivity contribution in [3.63, 3.8) is 0 Å². The fourth-order valence-electron chi connectivity index (χ4n) is 3.80. The van der Waals surface area contributed by atoms with Gasteiger partial charge in [0.05, 0.1) is 11.6 Å². The average molecular weight is 425 g/mol. The van der Waals surface area contributed by atoms with Gasteiger partial charge in [0.25, 0.3) is 0 Å². The predicted molar refractivity (Wildman–Crippen MR) is 116 cm³/mol. The van der Waals surface area contributed by atoms with Crippen molar-refractivity contribution in [1.29, 1.82) is 5.26 Å². The lowest BCUT2D eigenvalue weighted by Gasteiger charge is -2.34. The van der Waals surface area contributed by atoms with E-state index in [2.05, 4.69) is 0 Å². The third-order valence-electron chi connectivity index (χ3n) is 5.38. The summed E-state index contributed by atoms with van der Waals surface area (Å²) >= 11 is 0. The molecule has 1 aliphatic rings. The van der Waals surface area contributed by atoms with Gasteiger partial charge in [-0.1, -0.05) is 24.3 Å². The highest BCUT2D eigenvalue weighted by Gasteiger charge is 2.29. The van der Waals surface area contributed by atoms with Crippen LogP contribution in [0.25, 0.3) is 0 Å². The van der Waals surface area contributed by atoms with E-state index in [1.54, 1.807) is 24.0 Å². The Morgan fingerprint density at radius 2 is 1.87 bits per heavy atom. The van der Waals surface area contributed by atoms with Gasteiger partial charge in [-0.2, -0.15) is 5.26 Å². The minimum absolute atomic E-state index is 0.243. The highest BCUT2D eigenvalue weighted by molar-refractivity contribution is 5.68. The van der Waals surface area contributed by atoms with Crippen LogP contribution in [0.1, 0.15) is 69.2 Å². The summed E-state index contributed by atoms with van der Waals surface area (Å²) in [6, 6.07) is 14.2. The maximum atomic E-state index is 14.4. The van der Waals surface area contributed by atoms with Crippen LogP contribution in [0.2, 0.25) is 0 Å². The standard InChI is InChI=1S/C25H29FN2O3/c1-17(20-10-9-18(16-27)15-22(20)26)30-23-8-6-5-7-21(23)19-11-13-28(14-12-19)24(29)31-25(2,3)4/h5-10,15,17,19H,11-14H2,1-4H3. The molecule has 5 nitrogen and oxygen atoms in total. The molecule has 31 heavy (non-hydrogen) atoms. The van der Waals surface area contributed by atoms with E-state index in [0.29, 0.717) is 18.7 Å². The second-order valence-corrected chi connectivity index (χ2v) is 8.89. The number of amides is 1. The summed E-state index contributed by atoms with van der Waals surface area (Å²) in [5.74, 6) is 0.511. The summed E-state index contributed by atoms with van der Waals surface area (Å²) in [7, 11) is 0. The largest absolute Gasteiger partial charge is 0.486 e. The third-order valence-corrected chi connectivity index (χ3v) is 5.38. The number of rotatable bonds is 4. The smallest absolute Gasteiger partial charge is 0.410 e. The zero-order chi connectivity index (χ0) is 22.6. The fourth-order valence-corrected chi connectivity index (χ4v) is 3.80. The highest BCUT2D eigenvalue weighted by atomic mass is 19.1. The summed E-state index contributed by atoms with van der Waals surface area (Å²) < 4.78 is 26.0. The zero-order valence-corrected chi connectivity index (χ0v) is 18.5. The molecule has 0 N–H and O–H groups in total. The van der Waals surface area contributed by atoms with E-state index in [4.69, 9.17) is 14.7 Å². The first-order valence-electron chi connectivity index (χ1n) is 10.6. The van der Waals surface area contributed by atoms with Gasteiger partial charge in [-0.05, 0) is 70.2 Å². The van der Waals surface area contributed by atoms with E-state index in [-0.39, 0.29) is 17.6 Å². The van der Waals surface area contributed by atoms with Crippen molar-refractivity contribution in [3.05, 3.63) is 65.0 Å². The number of likely N-dealkylation sites (tertiary alicyclic amines) is 1. The minimum atomic E-state index is -0.509. The van der Waals surface area contributed by atoms with Crippen molar-refractivity contribution < 1.29 is 18.7 Å². The maximum absolute atomic E-state index is 14.4. The SMILES string of the molecule is CC(Oc1ccccc1C1CCN(C(=O)OC(C)(C)C)CC1)c1ccc(C#N)cc1F. The molecule has 6 heteroatoms. The Morgan fingerprint density at radius 1 is 1.19 bits per heavy atom. The number of carbonyl (C=O) groups is 1. The number of benzene rings is 2. The van der Waals surface area contributed by atoms with Crippen LogP contribution in [0.3, 0.4) is 0 Å². The molecule has 1 amide bonds. The van der Waals surface area contributed by atoms with Crippen LogP contribution >= 0.6 is 0 Å². The molecular weight excluding hydrogens is 395 g/mol. The number of piperidine rings is 1. The quantitative estimate of drug-likeness (QED) is 0.608. The Hall–Kier alpha value is -3.07. The molecule has 1 atom stereocenters. The molecule has 0 spiro atoms. The molecule has 1 fully saturated rings. The topological polar surface area (TPSA) is 62.6 Å². The number of carbonyl (C=O) groups excluding carboxylic acids is 1. The van der Waals surface area contributed by atoms with Gasteiger partial charge < -0.3 is 14.4 Å². The Bertz CT molecular complexity index is 969. The second-order valence-electron chi connectivity index (χ2n) is 8.89. The van der Waals surface area contributed by atoms with Gasteiger partial charge in [0, 0.05) is 18.7 Å². The Kier molecular flexibility index (Phi) is 6.84. The Morgan fingerprint density at radius 3 is 2.48 bits per heavy atom. The van der Waals surface area contributed by atoms with Gasteiger partial charge in [-0.25, -0.2) is 9.18 Å². The minimum Gasteiger partial charge on any atom is -0.486 e. The van der Waals surface area contributed by atoms with Crippen molar-refractivity contribution >= 4 is 6.09 Å². The Balaban J connectivity index is 1.69. The Labute approximate surface area is 183 Å². The van der Waals surface area contributed by atoms with Gasteiger partial charge in [0.2, 0.25) is 0 Å². The van der Waals surface area contributed by atoms with Crippen molar-refractivity contribution in [1.82, 2.24) is 4.90 Å². The molecule has 0 bridgehead atoms. The van der Waals surface area contributed by atoms with Crippen LogP contribution in [0.15, 0.2) is 42.5 Å². The summed E-state index contributed by atoms with van der Waals surface area (Å²) in [6.07, 6.45) is 0.828. The molecule has 2 aromatic rings. The second kappa shape index (κ2) is 9.38. The molecule has 1 saturated heterocycles. The summed E-state index contributed by atoms with van der Waals surface area (Å²) in [5.41, 5.74) is 1.25. The molecule has 1 aliphatic heterocycles. The van der Waals surface area contributed by atoms with E-state index < -0.39 is 17.5 Å². The molecule has 0 radical (unpaired) electrons. The van der Waals surface area contributed by atoms with Crippen LogP contribution in [-0.4, -0.2) is 29.7 Å². The number of halogens is 1. The van der Waals surface area contributed by atoms with Crippen molar-refractivity contribution in [2.24, 2.45) is 0 Å². The number of hydrogen-bond acceptors (Lipinski definition) is 4. The number of nitrogens with zero attached hydrogens (tertiary/aromatic N) is 2. The monoisotopic (exact) mass is 424 g/mol. The van der Waals surface area contributed by atoms with E-state index in [9.17, 15) is 9.18 Å². The normalized spacial score (nSPS) is 15.8. The van der Waals surface area contributed by atoms with E-state index in [0.717, 1.165) is 24.2 Å². The van der Waals surface area contributed by atoms with Crippen molar-refractivity contribution in [2.75, 3.05) is 13.1 Å². The highest BCUT2D eigenvalue weighted by Crippen LogP contribution is 2.36. The van der Waals surface area contributed by atoms with E-state index in [1.165, 1.54) is 6.07 Å². The lowest BCUT2D eigenvalue weighted by molar-refractivity contribution is 0.0204.